The lowest BCUT2D eigenvalue weighted by Gasteiger charge is -2.31. The van der Waals surface area contributed by atoms with E-state index in [0.717, 1.165) is 0 Å². The second kappa shape index (κ2) is 6.55. The van der Waals surface area contributed by atoms with Crippen LogP contribution in [0.3, 0.4) is 0 Å². The van der Waals surface area contributed by atoms with Crippen LogP contribution in [-0.2, 0) is 14.0 Å². The quantitative estimate of drug-likeness (QED) is 0.469. The summed E-state index contributed by atoms with van der Waals surface area (Å²) in [6.07, 6.45) is 0.731. The van der Waals surface area contributed by atoms with Crippen LogP contribution in [0.4, 0.5) is 0 Å². The minimum atomic E-state index is -3.53. The van der Waals surface area contributed by atoms with Gasteiger partial charge in [-0.2, -0.15) is 0 Å². The first kappa shape index (κ1) is 13.1. The minimum absolute atomic E-state index is 0.137. The molecule has 1 atom stereocenters. The van der Waals surface area contributed by atoms with E-state index < -0.39 is 13.4 Å². The van der Waals surface area contributed by atoms with Crippen LogP contribution in [-0.4, -0.2) is 25.4 Å². The maximum absolute atomic E-state index is 11.5. The van der Waals surface area contributed by atoms with Crippen LogP contribution in [0.15, 0.2) is 0 Å². The summed E-state index contributed by atoms with van der Waals surface area (Å²) in [6, 6.07) is -1.05. The second-order valence-corrected chi connectivity index (χ2v) is 4.99. The molecule has 0 aliphatic rings. The SMILES string of the molecule is CCCP(=O)([O-])C(OCC)OCC. The van der Waals surface area contributed by atoms with E-state index in [1.807, 2.05) is 6.92 Å². The molecule has 0 aliphatic heterocycles. The van der Waals surface area contributed by atoms with Crippen LogP contribution < -0.4 is 4.89 Å². The van der Waals surface area contributed by atoms with E-state index in [0.29, 0.717) is 19.6 Å². The molecular weight excluding hydrogens is 191 g/mol. The van der Waals surface area contributed by atoms with Gasteiger partial charge in [-0.1, -0.05) is 13.3 Å². The van der Waals surface area contributed by atoms with Crippen molar-refractivity contribution in [3.8, 4) is 0 Å². The van der Waals surface area contributed by atoms with Crippen LogP contribution >= 0.6 is 7.37 Å². The maximum Gasteiger partial charge on any atom is 0.197 e. The van der Waals surface area contributed by atoms with Crippen molar-refractivity contribution in [1.82, 2.24) is 0 Å². The van der Waals surface area contributed by atoms with Crippen molar-refractivity contribution >= 4 is 7.37 Å². The molecule has 0 heterocycles. The Kier molecular flexibility index (Phi) is 6.60. The molecule has 0 aromatic rings. The Labute approximate surface area is 79.7 Å². The summed E-state index contributed by atoms with van der Waals surface area (Å²) in [5, 5.41) is 0. The van der Waals surface area contributed by atoms with Gasteiger partial charge in [-0.15, -0.1) is 0 Å². The van der Waals surface area contributed by atoms with Crippen LogP contribution in [0.1, 0.15) is 27.2 Å². The molecule has 0 spiro atoms. The van der Waals surface area contributed by atoms with Crippen LogP contribution in [0.2, 0.25) is 0 Å². The number of rotatable bonds is 7. The van der Waals surface area contributed by atoms with Gasteiger partial charge < -0.3 is 18.9 Å². The van der Waals surface area contributed by atoms with E-state index >= 15 is 0 Å². The van der Waals surface area contributed by atoms with Crippen molar-refractivity contribution in [1.29, 1.82) is 0 Å². The summed E-state index contributed by atoms with van der Waals surface area (Å²) >= 11 is 0. The van der Waals surface area contributed by atoms with Gasteiger partial charge in [0.1, 0.15) is 0 Å². The zero-order valence-electron chi connectivity index (χ0n) is 8.49. The van der Waals surface area contributed by atoms with E-state index in [-0.39, 0.29) is 6.16 Å². The number of ether oxygens (including phenoxy) is 2. The smallest absolute Gasteiger partial charge is 0.197 e. The van der Waals surface area contributed by atoms with E-state index in [1.54, 1.807) is 13.8 Å². The van der Waals surface area contributed by atoms with Gasteiger partial charge in [0.2, 0.25) is 0 Å². The molecule has 0 aliphatic carbocycles. The van der Waals surface area contributed by atoms with Gasteiger partial charge in [-0.25, -0.2) is 0 Å². The predicted octanol–water partition coefficient (Wildman–Crippen LogP) is 1.39. The molecule has 0 saturated carbocycles. The Bertz CT molecular complexity index is 166. The maximum atomic E-state index is 11.5. The third-order valence-electron chi connectivity index (χ3n) is 1.47. The molecular formula is C8H18O4P-. The lowest BCUT2D eigenvalue weighted by molar-refractivity contribution is -0.208. The zero-order chi connectivity index (χ0) is 10.3. The van der Waals surface area contributed by atoms with Crippen LogP contribution in [0, 0.1) is 0 Å². The molecule has 0 N–H and O–H groups in total. The molecule has 0 saturated heterocycles. The third kappa shape index (κ3) is 4.77. The van der Waals surface area contributed by atoms with Crippen molar-refractivity contribution < 1.29 is 18.9 Å². The minimum Gasteiger partial charge on any atom is -0.796 e. The summed E-state index contributed by atoms with van der Waals surface area (Å²) < 4.78 is 21.5. The normalized spacial score (nSPS) is 16.1. The molecule has 0 aromatic heterocycles. The standard InChI is InChI=1S/C8H19O4P/c1-4-7-13(9,10)8(11-5-2)12-6-3/h8H,4-7H2,1-3H3,(H,9,10)/p-1. The van der Waals surface area contributed by atoms with Gasteiger partial charge in [0, 0.05) is 13.2 Å². The average molecular weight is 209 g/mol. The van der Waals surface area contributed by atoms with Gasteiger partial charge in [-0.05, 0) is 20.0 Å². The summed E-state index contributed by atoms with van der Waals surface area (Å²) in [5.74, 6) is 0. The van der Waals surface area contributed by atoms with Crippen LogP contribution in [0.25, 0.3) is 0 Å². The van der Waals surface area contributed by atoms with E-state index in [1.165, 1.54) is 0 Å². The van der Waals surface area contributed by atoms with E-state index in [4.69, 9.17) is 9.47 Å². The third-order valence-corrected chi connectivity index (χ3v) is 3.49. The van der Waals surface area contributed by atoms with Gasteiger partial charge in [0.25, 0.3) is 0 Å². The highest BCUT2D eigenvalue weighted by Crippen LogP contribution is 2.43. The average Bonchev–Trinajstić information content (AvgIpc) is 2.04. The lowest BCUT2D eigenvalue weighted by atomic mass is 10.6. The zero-order valence-corrected chi connectivity index (χ0v) is 9.38. The Morgan fingerprint density at radius 3 is 2.00 bits per heavy atom. The Balaban J connectivity index is 4.23. The van der Waals surface area contributed by atoms with Crippen molar-refractivity contribution in [2.24, 2.45) is 0 Å². The second-order valence-electron chi connectivity index (χ2n) is 2.67. The fourth-order valence-electron chi connectivity index (χ4n) is 0.977. The van der Waals surface area contributed by atoms with Crippen molar-refractivity contribution in [2.75, 3.05) is 19.4 Å². The predicted molar refractivity (Wildman–Crippen MR) is 49.8 cm³/mol. The summed E-state index contributed by atoms with van der Waals surface area (Å²) in [4.78, 5) is 11.5. The highest BCUT2D eigenvalue weighted by atomic mass is 31.2. The summed E-state index contributed by atoms with van der Waals surface area (Å²) in [6.45, 7) is 6.01. The van der Waals surface area contributed by atoms with Gasteiger partial charge in [0.05, 0.1) is 7.37 Å². The molecule has 0 rings (SSSR count). The highest BCUT2D eigenvalue weighted by molar-refractivity contribution is 7.56. The van der Waals surface area contributed by atoms with Gasteiger partial charge >= 0.3 is 0 Å². The number of hydrogen-bond acceptors (Lipinski definition) is 4. The molecule has 0 fully saturated rings. The Morgan fingerprint density at radius 2 is 1.69 bits per heavy atom. The van der Waals surface area contributed by atoms with Crippen LogP contribution in [0.5, 0.6) is 0 Å². The first-order valence-corrected chi connectivity index (χ1v) is 6.49. The summed E-state index contributed by atoms with van der Waals surface area (Å²) in [7, 11) is -3.53. The molecule has 1 unspecified atom stereocenters. The molecule has 0 amide bonds. The monoisotopic (exact) mass is 209 g/mol. The number of hydrogen-bond donors (Lipinski definition) is 0. The highest BCUT2D eigenvalue weighted by Gasteiger charge is 2.21. The summed E-state index contributed by atoms with van der Waals surface area (Å²) in [5.41, 5.74) is 0. The fraction of sp³-hybridized carbons (Fsp3) is 1.00. The molecule has 80 valence electrons. The van der Waals surface area contributed by atoms with Gasteiger partial charge in [0.15, 0.2) is 6.03 Å². The van der Waals surface area contributed by atoms with Crippen molar-refractivity contribution in [2.45, 2.75) is 33.2 Å². The molecule has 0 bridgehead atoms. The largest absolute Gasteiger partial charge is 0.796 e. The molecule has 5 heteroatoms. The molecule has 0 radical (unpaired) electrons. The van der Waals surface area contributed by atoms with E-state index in [9.17, 15) is 9.46 Å². The Morgan fingerprint density at radius 1 is 1.23 bits per heavy atom. The Hall–Kier alpha value is 0.110. The molecule has 13 heavy (non-hydrogen) atoms. The van der Waals surface area contributed by atoms with Crippen molar-refractivity contribution in [3.05, 3.63) is 0 Å². The first-order valence-electron chi connectivity index (χ1n) is 4.61. The fourth-order valence-corrected chi connectivity index (χ4v) is 2.56. The molecule has 0 aromatic carbocycles. The van der Waals surface area contributed by atoms with Crippen molar-refractivity contribution in [3.63, 3.8) is 0 Å². The van der Waals surface area contributed by atoms with Gasteiger partial charge in [-0.3, -0.25) is 0 Å². The lowest BCUT2D eigenvalue weighted by Crippen LogP contribution is -2.25. The topological polar surface area (TPSA) is 58.6 Å². The first-order chi connectivity index (χ1) is 6.08. The molecule has 4 nitrogen and oxygen atoms in total. The van der Waals surface area contributed by atoms with E-state index in [2.05, 4.69) is 0 Å².